The number of aromatic amines is 1. The lowest BCUT2D eigenvalue weighted by atomic mass is 9.53. The summed E-state index contributed by atoms with van der Waals surface area (Å²) in [7, 11) is 0. The average Bonchev–Trinajstić information content (AvgIpc) is 2.68. The van der Waals surface area contributed by atoms with E-state index in [1.165, 1.54) is 19.3 Å². The molecule has 4 fully saturated rings. The third-order valence-corrected chi connectivity index (χ3v) is 5.64. The first-order valence-corrected chi connectivity index (χ1v) is 7.92. The van der Waals surface area contributed by atoms with Crippen molar-refractivity contribution >= 4 is 17.5 Å². The maximum absolute atomic E-state index is 12.3. The zero-order valence-corrected chi connectivity index (χ0v) is 12.4. The number of nitrogen functional groups attached to an aromatic ring is 1. The van der Waals surface area contributed by atoms with Crippen LogP contribution in [-0.4, -0.2) is 21.8 Å². The van der Waals surface area contributed by atoms with E-state index in [1.54, 1.807) is 0 Å². The van der Waals surface area contributed by atoms with Gasteiger partial charge in [0.25, 0.3) is 0 Å². The molecule has 0 spiro atoms. The Labute approximate surface area is 124 Å². The van der Waals surface area contributed by atoms with Gasteiger partial charge in [-0.25, -0.2) is 4.79 Å². The third-order valence-electron chi connectivity index (χ3n) is 5.64. The molecule has 4 aliphatic rings. The topological polar surface area (TPSA) is 95.8 Å². The molecular formula is C15H23N5O. The maximum Gasteiger partial charge on any atom is 0.320 e. The Hall–Kier alpha value is -1.72. The molecule has 21 heavy (non-hydrogen) atoms. The molecule has 0 aliphatic heterocycles. The molecule has 1 heterocycles. The highest BCUT2D eigenvalue weighted by Gasteiger charge is 2.51. The molecule has 6 nitrogen and oxygen atoms in total. The van der Waals surface area contributed by atoms with Crippen LogP contribution in [0.2, 0.25) is 0 Å². The zero-order chi connectivity index (χ0) is 14.6. The Bertz CT molecular complexity index is 543. The van der Waals surface area contributed by atoms with Crippen molar-refractivity contribution in [3.05, 3.63) is 5.69 Å². The summed E-state index contributed by atoms with van der Waals surface area (Å²) in [5.41, 5.74) is 7.18. The van der Waals surface area contributed by atoms with Crippen LogP contribution >= 0.6 is 0 Å². The van der Waals surface area contributed by atoms with Gasteiger partial charge in [-0.1, -0.05) is 0 Å². The molecule has 0 atom stereocenters. The molecule has 5 rings (SSSR count). The quantitative estimate of drug-likeness (QED) is 0.673. The molecular weight excluding hydrogens is 266 g/mol. The summed E-state index contributed by atoms with van der Waals surface area (Å²) in [5, 5.41) is 12.9. The van der Waals surface area contributed by atoms with E-state index in [-0.39, 0.29) is 11.6 Å². The number of nitrogens with zero attached hydrogens (tertiary/aromatic N) is 1. The van der Waals surface area contributed by atoms with Crippen molar-refractivity contribution in [2.75, 3.05) is 11.1 Å². The van der Waals surface area contributed by atoms with Crippen LogP contribution in [0.3, 0.4) is 0 Å². The van der Waals surface area contributed by atoms with Gasteiger partial charge in [0, 0.05) is 5.54 Å². The molecule has 6 heteroatoms. The summed E-state index contributed by atoms with van der Waals surface area (Å²) in [5.74, 6) is 2.87. The minimum atomic E-state index is -0.171. The summed E-state index contributed by atoms with van der Waals surface area (Å²) < 4.78 is 0. The first-order valence-electron chi connectivity index (χ1n) is 7.92. The van der Waals surface area contributed by atoms with Crippen LogP contribution in [0.4, 0.5) is 16.3 Å². The number of H-pyrrole nitrogens is 1. The molecule has 1 aromatic rings. The molecule has 4 saturated carbocycles. The number of hydrogen-bond donors (Lipinski definition) is 4. The van der Waals surface area contributed by atoms with Crippen LogP contribution in [0.15, 0.2) is 0 Å². The summed E-state index contributed by atoms with van der Waals surface area (Å²) >= 11 is 0. The van der Waals surface area contributed by atoms with E-state index in [9.17, 15) is 4.79 Å². The summed E-state index contributed by atoms with van der Waals surface area (Å²) in [6.45, 7) is 1.84. The van der Waals surface area contributed by atoms with Crippen LogP contribution in [-0.2, 0) is 0 Å². The van der Waals surface area contributed by atoms with E-state index >= 15 is 0 Å². The van der Waals surface area contributed by atoms with Gasteiger partial charge in [-0.2, -0.15) is 5.10 Å². The van der Waals surface area contributed by atoms with Crippen molar-refractivity contribution in [3.8, 4) is 0 Å². The van der Waals surface area contributed by atoms with Gasteiger partial charge < -0.3 is 11.1 Å². The highest BCUT2D eigenvalue weighted by atomic mass is 16.2. The van der Waals surface area contributed by atoms with Gasteiger partial charge in [0.2, 0.25) is 0 Å². The molecule has 0 radical (unpaired) electrons. The number of nitrogens with two attached hydrogens (primary N) is 1. The van der Waals surface area contributed by atoms with E-state index in [4.69, 9.17) is 5.73 Å². The molecule has 4 bridgehead atoms. The van der Waals surface area contributed by atoms with Gasteiger partial charge in [-0.15, -0.1) is 0 Å². The summed E-state index contributed by atoms with van der Waals surface area (Å²) in [4.78, 5) is 12.3. The number of anilines is 2. The van der Waals surface area contributed by atoms with Crippen LogP contribution in [0.5, 0.6) is 0 Å². The Morgan fingerprint density at radius 1 is 1.24 bits per heavy atom. The number of amides is 2. The van der Waals surface area contributed by atoms with Crippen molar-refractivity contribution in [2.45, 2.75) is 51.0 Å². The van der Waals surface area contributed by atoms with Crippen LogP contribution in [0, 0.1) is 24.7 Å². The van der Waals surface area contributed by atoms with Crippen molar-refractivity contribution in [2.24, 2.45) is 17.8 Å². The Morgan fingerprint density at radius 3 is 2.29 bits per heavy atom. The lowest BCUT2D eigenvalue weighted by Crippen LogP contribution is -2.60. The Morgan fingerprint density at radius 2 is 1.81 bits per heavy atom. The number of aromatic nitrogens is 2. The summed E-state index contributed by atoms with van der Waals surface area (Å²) in [6, 6.07) is -0.171. The molecule has 4 aliphatic carbocycles. The Kier molecular flexibility index (Phi) is 2.71. The van der Waals surface area contributed by atoms with E-state index in [0.29, 0.717) is 11.5 Å². The van der Waals surface area contributed by atoms with Gasteiger partial charge >= 0.3 is 6.03 Å². The highest BCUT2D eigenvalue weighted by molar-refractivity contribution is 5.92. The first kappa shape index (κ1) is 13.0. The number of urea groups is 1. The van der Waals surface area contributed by atoms with E-state index in [0.717, 1.165) is 42.7 Å². The number of aryl methyl sites for hydroxylation is 1. The largest absolute Gasteiger partial charge is 0.394 e. The van der Waals surface area contributed by atoms with Crippen LogP contribution in [0.1, 0.15) is 44.2 Å². The first-order chi connectivity index (χ1) is 10.0. The molecule has 114 valence electrons. The van der Waals surface area contributed by atoms with Gasteiger partial charge in [0.1, 0.15) is 0 Å². The monoisotopic (exact) mass is 289 g/mol. The predicted octanol–water partition coefficient (Wildman–Crippen LogP) is 2.39. The molecule has 5 N–H and O–H groups in total. The van der Waals surface area contributed by atoms with Crippen molar-refractivity contribution < 1.29 is 4.79 Å². The SMILES string of the molecule is Cc1[nH]nc(NC(=O)NC23CC4CC(CC(C4)C2)C3)c1N. The third kappa shape index (κ3) is 2.17. The van der Waals surface area contributed by atoms with Crippen molar-refractivity contribution in [1.29, 1.82) is 0 Å². The number of carbonyl (C=O) groups excluding carboxylic acids is 1. The lowest BCUT2D eigenvalue weighted by molar-refractivity contribution is -0.0127. The minimum Gasteiger partial charge on any atom is -0.394 e. The average molecular weight is 289 g/mol. The molecule has 0 unspecified atom stereocenters. The van der Waals surface area contributed by atoms with Crippen LogP contribution < -0.4 is 16.4 Å². The minimum absolute atomic E-state index is 0.0128. The number of carbonyl (C=O) groups is 1. The predicted molar refractivity (Wildman–Crippen MR) is 80.8 cm³/mol. The van der Waals surface area contributed by atoms with Crippen molar-refractivity contribution in [1.82, 2.24) is 15.5 Å². The Balaban J connectivity index is 1.46. The maximum atomic E-state index is 12.3. The smallest absolute Gasteiger partial charge is 0.320 e. The fourth-order valence-electron chi connectivity index (χ4n) is 5.18. The van der Waals surface area contributed by atoms with Gasteiger partial charge in [-0.05, 0) is 63.2 Å². The molecule has 0 saturated heterocycles. The van der Waals surface area contributed by atoms with Gasteiger partial charge in [-0.3, -0.25) is 10.4 Å². The second-order valence-corrected chi connectivity index (χ2v) is 7.39. The van der Waals surface area contributed by atoms with Gasteiger partial charge in [0.15, 0.2) is 5.82 Å². The number of rotatable bonds is 2. The second-order valence-electron chi connectivity index (χ2n) is 7.39. The zero-order valence-electron chi connectivity index (χ0n) is 12.4. The second kappa shape index (κ2) is 4.39. The fourth-order valence-corrected chi connectivity index (χ4v) is 5.18. The van der Waals surface area contributed by atoms with E-state index in [2.05, 4.69) is 20.8 Å². The molecule has 0 aromatic carbocycles. The number of hydrogen-bond acceptors (Lipinski definition) is 3. The van der Waals surface area contributed by atoms with Crippen molar-refractivity contribution in [3.63, 3.8) is 0 Å². The summed E-state index contributed by atoms with van der Waals surface area (Å²) in [6.07, 6.45) is 7.53. The van der Waals surface area contributed by atoms with E-state index in [1.807, 2.05) is 6.92 Å². The van der Waals surface area contributed by atoms with Crippen LogP contribution in [0.25, 0.3) is 0 Å². The van der Waals surface area contributed by atoms with Gasteiger partial charge in [0.05, 0.1) is 11.4 Å². The fraction of sp³-hybridized carbons (Fsp3) is 0.733. The normalized spacial score (nSPS) is 36.7. The van der Waals surface area contributed by atoms with E-state index < -0.39 is 0 Å². The molecule has 2 amide bonds. The highest BCUT2D eigenvalue weighted by Crippen LogP contribution is 2.55. The molecule has 1 aromatic heterocycles. The number of nitrogens with one attached hydrogen (secondary N) is 3. The lowest BCUT2D eigenvalue weighted by Gasteiger charge is -2.56. The standard InChI is InChI=1S/C15H23N5O/c1-8-12(16)13(20-19-8)17-14(21)18-15-5-9-2-10(6-15)4-11(3-9)7-15/h9-11H,2-7,16H2,1H3,(H3,17,18,19,20,21).